The second-order valence-electron chi connectivity index (χ2n) is 3.90. The number of hydrogen-bond donors (Lipinski definition) is 2. The molecule has 1 aromatic heterocycles. The van der Waals surface area contributed by atoms with Crippen molar-refractivity contribution in [1.82, 2.24) is 20.3 Å². The Morgan fingerprint density at radius 1 is 1.53 bits per heavy atom. The molecule has 2 N–H and O–H groups in total. The molecule has 1 aliphatic rings. The van der Waals surface area contributed by atoms with Gasteiger partial charge >= 0.3 is 0 Å². The second kappa shape index (κ2) is 6.65. The van der Waals surface area contributed by atoms with Crippen molar-refractivity contribution < 1.29 is 14.6 Å². The number of aliphatic hydroxyl groups excluding tert-OH is 1. The van der Waals surface area contributed by atoms with Crippen LogP contribution >= 0.6 is 0 Å². The molecule has 0 aromatic carbocycles. The van der Waals surface area contributed by atoms with Gasteiger partial charge in [-0.15, -0.1) is 5.10 Å². The molecule has 0 amide bonds. The minimum Gasteiger partial charge on any atom is -0.394 e. The number of aromatic nitrogens is 3. The fourth-order valence-electron chi connectivity index (χ4n) is 1.65. The Kier molecular flexibility index (Phi) is 4.87. The van der Waals surface area contributed by atoms with Gasteiger partial charge in [0.1, 0.15) is 0 Å². The van der Waals surface area contributed by atoms with Crippen molar-refractivity contribution in [2.75, 3.05) is 33.0 Å². The van der Waals surface area contributed by atoms with E-state index in [4.69, 9.17) is 14.6 Å². The third kappa shape index (κ3) is 4.04. The molecule has 1 aliphatic heterocycles. The van der Waals surface area contributed by atoms with Crippen molar-refractivity contribution in [2.24, 2.45) is 0 Å². The summed E-state index contributed by atoms with van der Waals surface area (Å²) in [7, 11) is 0. The van der Waals surface area contributed by atoms with Crippen LogP contribution in [-0.2, 0) is 22.6 Å². The Morgan fingerprint density at radius 2 is 2.47 bits per heavy atom. The van der Waals surface area contributed by atoms with Gasteiger partial charge in [-0.2, -0.15) is 0 Å². The summed E-state index contributed by atoms with van der Waals surface area (Å²) in [6.45, 7) is 3.93. The molecule has 0 spiro atoms. The maximum Gasteiger partial charge on any atom is 0.0964 e. The van der Waals surface area contributed by atoms with Gasteiger partial charge in [0.2, 0.25) is 0 Å². The van der Waals surface area contributed by atoms with E-state index in [0.29, 0.717) is 32.9 Å². The number of nitrogens with zero attached hydrogens (tertiary/aromatic N) is 3. The van der Waals surface area contributed by atoms with Crippen LogP contribution in [0.5, 0.6) is 0 Å². The molecule has 0 saturated carbocycles. The fourth-order valence-corrected chi connectivity index (χ4v) is 1.65. The monoisotopic (exact) mass is 242 g/mol. The summed E-state index contributed by atoms with van der Waals surface area (Å²) >= 11 is 0. The molecule has 2 heterocycles. The summed E-state index contributed by atoms with van der Waals surface area (Å²) in [5.41, 5.74) is 0.857. The van der Waals surface area contributed by atoms with Crippen LogP contribution in [0.3, 0.4) is 0 Å². The molecule has 1 atom stereocenters. The van der Waals surface area contributed by atoms with Gasteiger partial charge < -0.3 is 19.9 Å². The molecule has 1 aromatic rings. The highest BCUT2D eigenvalue weighted by Crippen LogP contribution is 1.99. The first-order valence-corrected chi connectivity index (χ1v) is 5.78. The number of rotatable bonds is 6. The van der Waals surface area contributed by atoms with Gasteiger partial charge in [0.15, 0.2) is 0 Å². The van der Waals surface area contributed by atoms with Crippen LogP contribution in [0.15, 0.2) is 6.20 Å². The van der Waals surface area contributed by atoms with Gasteiger partial charge in [0.25, 0.3) is 0 Å². The third-order valence-electron chi connectivity index (χ3n) is 2.48. The maximum atomic E-state index is 8.74. The van der Waals surface area contributed by atoms with E-state index < -0.39 is 0 Å². The van der Waals surface area contributed by atoms with Crippen LogP contribution in [0.25, 0.3) is 0 Å². The Hall–Kier alpha value is -1.02. The van der Waals surface area contributed by atoms with Crippen molar-refractivity contribution in [2.45, 2.75) is 19.2 Å². The summed E-state index contributed by atoms with van der Waals surface area (Å²) in [6, 6.07) is 0. The SMILES string of the molecule is OCCn1cc(CNCC2COCCO2)nn1. The van der Waals surface area contributed by atoms with E-state index in [1.807, 2.05) is 6.20 Å². The highest BCUT2D eigenvalue weighted by molar-refractivity contribution is 4.91. The largest absolute Gasteiger partial charge is 0.394 e. The minimum absolute atomic E-state index is 0.0729. The third-order valence-corrected chi connectivity index (χ3v) is 2.48. The topological polar surface area (TPSA) is 81.4 Å². The first kappa shape index (κ1) is 12.4. The molecular weight excluding hydrogens is 224 g/mol. The van der Waals surface area contributed by atoms with E-state index in [2.05, 4.69) is 15.6 Å². The lowest BCUT2D eigenvalue weighted by molar-refractivity contribution is -0.0864. The van der Waals surface area contributed by atoms with Crippen LogP contribution in [0.2, 0.25) is 0 Å². The van der Waals surface area contributed by atoms with Crippen LogP contribution in [0.1, 0.15) is 5.69 Å². The lowest BCUT2D eigenvalue weighted by atomic mass is 10.3. The zero-order valence-corrected chi connectivity index (χ0v) is 9.71. The normalized spacial score (nSPS) is 20.6. The zero-order valence-electron chi connectivity index (χ0n) is 9.71. The molecule has 1 unspecified atom stereocenters. The minimum atomic E-state index is 0.0729. The van der Waals surface area contributed by atoms with E-state index >= 15 is 0 Å². The molecular formula is C10H18N4O3. The average Bonchev–Trinajstić information content (AvgIpc) is 2.79. The molecule has 2 rings (SSSR count). The maximum absolute atomic E-state index is 8.74. The molecule has 1 saturated heterocycles. The van der Waals surface area contributed by atoms with Crippen molar-refractivity contribution in [3.05, 3.63) is 11.9 Å². The molecule has 7 heteroatoms. The average molecular weight is 242 g/mol. The smallest absolute Gasteiger partial charge is 0.0964 e. The summed E-state index contributed by atoms with van der Waals surface area (Å²) in [6.07, 6.45) is 1.94. The van der Waals surface area contributed by atoms with Gasteiger partial charge in [-0.05, 0) is 0 Å². The highest BCUT2D eigenvalue weighted by atomic mass is 16.6. The standard InChI is InChI=1S/C10H18N4O3/c15-2-1-14-7-9(12-13-14)5-11-6-10-8-16-3-4-17-10/h7,10-11,15H,1-6,8H2. The van der Waals surface area contributed by atoms with Gasteiger partial charge in [-0.1, -0.05) is 5.21 Å². The highest BCUT2D eigenvalue weighted by Gasteiger charge is 2.13. The van der Waals surface area contributed by atoms with Crippen LogP contribution in [0.4, 0.5) is 0 Å². The van der Waals surface area contributed by atoms with Gasteiger partial charge in [0, 0.05) is 19.3 Å². The lowest BCUT2D eigenvalue weighted by Gasteiger charge is -2.22. The Morgan fingerprint density at radius 3 is 3.24 bits per heavy atom. The molecule has 0 aliphatic carbocycles. The number of aliphatic hydroxyl groups is 1. The fraction of sp³-hybridized carbons (Fsp3) is 0.800. The van der Waals surface area contributed by atoms with Gasteiger partial charge in [-0.25, -0.2) is 4.68 Å². The van der Waals surface area contributed by atoms with Crippen molar-refractivity contribution in [1.29, 1.82) is 0 Å². The predicted octanol–water partition coefficient (Wildman–Crippen LogP) is -1.22. The summed E-state index contributed by atoms with van der Waals surface area (Å²) in [4.78, 5) is 0. The summed E-state index contributed by atoms with van der Waals surface area (Å²) < 4.78 is 12.4. The van der Waals surface area contributed by atoms with Crippen molar-refractivity contribution in [3.63, 3.8) is 0 Å². The van der Waals surface area contributed by atoms with Gasteiger partial charge in [-0.3, -0.25) is 0 Å². The molecule has 0 radical (unpaired) electrons. The van der Waals surface area contributed by atoms with Crippen molar-refractivity contribution >= 4 is 0 Å². The first-order valence-electron chi connectivity index (χ1n) is 5.78. The van der Waals surface area contributed by atoms with E-state index in [1.54, 1.807) is 4.68 Å². The van der Waals surface area contributed by atoms with Crippen molar-refractivity contribution in [3.8, 4) is 0 Å². The van der Waals surface area contributed by atoms with E-state index in [0.717, 1.165) is 12.2 Å². The van der Waals surface area contributed by atoms with Crippen LogP contribution in [0, 0.1) is 0 Å². The number of nitrogens with one attached hydrogen (secondary N) is 1. The Balaban J connectivity index is 1.66. The quantitative estimate of drug-likeness (QED) is 0.650. The van der Waals surface area contributed by atoms with Crippen LogP contribution < -0.4 is 5.32 Å². The number of ether oxygens (including phenoxy) is 2. The summed E-state index contributed by atoms with van der Waals surface area (Å²) in [5.74, 6) is 0. The molecule has 0 bridgehead atoms. The van der Waals surface area contributed by atoms with Crippen LogP contribution in [-0.4, -0.2) is 59.2 Å². The molecule has 17 heavy (non-hydrogen) atoms. The van der Waals surface area contributed by atoms with E-state index in [-0.39, 0.29) is 12.7 Å². The Labute approximate surface area is 99.7 Å². The molecule has 1 fully saturated rings. The zero-order chi connectivity index (χ0) is 11.9. The lowest BCUT2D eigenvalue weighted by Crippen LogP contribution is -2.37. The number of hydrogen-bond acceptors (Lipinski definition) is 6. The first-order chi connectivity index (χ1) is 8.38. The second-order valence-corrected chi connectivity index (χ2v) is 3.90. The van der Waals surface area contributed by atoms with E-state index in [9.17, 15) is 0 Å². The summed E-state index contributed by atoms with van der Waals surface area (Å²) in [5, 5.41) is 19.9. The Bertz CT molecular complexity index is 325. The van der Waals surface area contributed by atoms with Gasteiger partial charge in [0.05, 0.1) is 44.8 Å². The van der Waals surface area contributed by atoms with E-state index in [1.165, 1.54) is 0 Å². The molecule has 7 nitrogen and oxygen atoms in total. The predicted molar refractivity (Wildman–Crippen MR) is 59.4 cm³/mol. The molecule has 96 valence electrons.